The topological polar surface area (TPSA) is 104 Å². The lowest BCUT2D eigenvalue weighted by Crippen LogP contribution is -2.38. The molecule has 1 saturated heterocycles. The van der Waals surface area contributed by atoms with Crippen LogP contribution in [0.1, 0.15) is 10.4 Å². The number of rotatable bonds is 3. The summed E-state index contributed by atoms with van der Waals surface area (Å²) in [5, 5.41) is 8.79. The van der Waals surface area contributed by atoms with E-state index >= 15 is 0 Å². The third kappa shape index (κ3) is 3.03. The van der Waals surface area contributed by atoms with Gasteiger partial charge in [-0.25, -0.2) is 5.21 Å². The second kappa shape index (κ2) is 5.16. The van der Waals surface area contributed by atoms with Crippen LogP contribution in [0.25, 0.3) is 0 Å². The third-order valence-corrected chi connectivity index (χ3v) is 4.70. The second-order valence-corrected chi connectivity index (χ2v) is 6.66. The number of aldehydes is 1. The highest BCUT2D eigenvalue weighted by Crippen LogP contribution is 2.41. The number of hydrogen-bond donors (Lipinski definition) is 2. The van der Waals surface area contributed by atoms with Crippen LogP contribution in [0.4, 0.5) is 11.4 Å². The van der Waals surface area contributed by atoms with Crippen LogP contribution in [0.5, 0.6) is 0 Å². The normalized spacial score (nSPS) is 19.8. The van der Waals surface area contributed by atoms with Crippen LogP contribution in [-0.4, -0.2) is 50.1 Å². The minimum atomic E-state index is -2.74. The van der Waals surface area contributed by atoms with Crippen molar-refractivity contribution >= 4 is 28.3 Å². The molecule has 0 radical (unpaired) electrons. The lowest BCUT2D eigenvalue weighted by Gasteiger charge is -2.51. The van der Waals surface area contributed by atoms with Gasteiger partial charge in [-0.15, -0.1) is 0 Å². The molecule has 0 bridgehead atoms. The first-order valence-electron chi connectivity index (χ1n) is 5.65. The maximum Gasteiger partial charge on any atom is 0.317 e. The number of anilines is 1. The van der Waals surface area contributed by atoms with Crippen molar-refractivity contribution in [3.63, 3.8) is 0 Å². The minimum absolute atomic E-state index is 0.0335. The standard InChI is InChI=1S/C11H14N2O5S/c14-8-9-7-10(13(15)16)1-2-11(9)12-3-5-19(17,18)6-4-12/h1-2,7-8H,3-6H2,(H2-,15,16,17,18). The molecule has 1 aliphatic heterocycles. The monoisotopic (exact) mass is 286 g/mol. The third-order valence-electron chi connectivity index (χ3n) is 3.06. The van der Waals surface area contributed by atoms with Crippen molar-refractivity contribution in [3.05, 3.63) is 28.7 Å². The van der Waals surface area contributed by atoms with E-state index in [1.165, 1.54) is 12.1 Å². The molecular weight excluding hydrogens is 272 g/mol. The average Bonchev–Trinajstić information content (AvgIpc) is 2.38. The fourth-order valence-corrected chi connectivity index (χ4v) is 3.22. The van der Waals surface area contributed by atoms with Crippen LogP contribution in [0.2, 0.25) is 0 Å². The molecule has 8 heteroatoms. The van der Waals surface area contributed by atoms with Crippen LogP contribution in [0, 0.1) is 4.91 Å². The van der Waals surface area contributed by atoms with Crippen molar-refractivity contribution in [1.82, 2.24) is 0 Å². The van der Waals surface area contributed by atoms with E-state index in [-0.39, 0.29) is 27.7 Å². The van der Waals surface area contributed by atoms with Gasteiger partial charge in [0.2, 0.25) is 0 Å². The first-order valence-corrected chi connectivity index (χ1v) is 7.50. The highest BCUT2D eigenvalue weighted by atomic mass is 32.3. The van der Waals surface area contributed by atoms with Gasteiger partial charge in [0.25, 0.3) is 4.92 Å². The summed E-state index contributed by atoms with van der Waals surface area (Å²) in [5.41, 5.74) is 0.822. The Kier molecular flexibility index (Phi) is 3.74. The van der Waals surface area contributed by atoms with E-state index in [2.05, 4.69) is 0 Å². The number of hydrogen-bond acceptors (Lipinski definition) is 5. The van der Waals surface area contributed by atoms with Gasteiger partial charge in [0.1, 0.15) is 0 Å². The number of benzene rings is 1. The SMILES string of the molecule is O=Cc1cc([N+](=O)O)ccc1N1CCS([O-])(O)CC1. The maximum absolute atomic E-state index is 11.5. The molecule has 0 spiro atoms. The van der Waals surface area contributed by atoms with Crippen molar-refractivity contribution in [2.45, 2.75) is 0 Å². The Labute approximate surface area is 111 Å². The van der Waals surface area contributed by atoms with Crippen molar-refractivity contribution in [3.8, 4) is 0 Å². The number of carbonyl (C=O) groups excluding carboxylic acids is 1. The highest BCUT2D eigenvalue weighted by Gasteiger charge is 2.21. The summed E-state index contributed by atoms with van der Waals surface area (Å²) in [6, 6.07) is 4.21. The zero-order chi connectivity index (χ0) is 14.0. The van der Waals surface area contributed by atoms with Crippen LogP contribution >= 0.6 is 10.6 Å². The molecule has 19 heavy (non-hydrogen) atoms. The molecule has 1 fully saturated rings. The van der Waals surface area contributed by atoms with Crippen molar-refractivity contribution in [2.24, 2.45) is 0 Å². The summed E-state index contributed by atoms with van der Waals surface area (Å²) in [5.74, 6) is 0.307. The quantitative estimate of drug-likeness (QED) is 0.645. The van der Waals surface area contributed by atoms with Crippen LogP contribution in [-0.2, 0) is 0 Å². The summed E-state index contributed by atoms with van der Waals surface area (Å²) in [6.07, 6.45) is 0.590. The van der Waals surface area contributed by atoms with Gasteiger partial charge in [-0.3, -0.25) is 4.79 Å². The van der Waals surface area contributed by atoms with Gasteiger partial charge in [0.15, 0.2) is 6.29 Å². The Morgan fingerprint density at radius 1 is 1.37 bits per heavy atom. The summed E-state index contributed by atoms with van der Waals surface area (Å²) in [4.78, 5) is 23.3. The van der Waals surface area contributed by atoms with E-state index in [1.807, 2.05) is 4.90 Å². The Balaban J connectivity index is 2.25. The molecule has 0 aromatic heterocycles. The van der Waals surface area contributed by atoms with Crippen molar-refractivity contribution in [2.75, 3.05) is 29.5 Å². The molecule has 2 rings (SSSR count). The van der Waals surface area contributed by atoms with E-state index < -0.39 is 10.6 Å². The molecule has 1 aromatic carbocycles. The van der Waals surface area contributed by atoms with Gasteiger partial charge in [-0.1, -0.05) is 0 Å². The van der Waals surface area contributed by atoms with Crippen LogP contribution in [0.3, 0.4) is 0 Å². The zero-order valence-corrected chi connectivity index (χ0v) is 10.9. The largest absolute Gasteiger partial charge is 0.768 e. The molecule has 104 valence electrons. The number of carbonyl (C=O) groups is 1. The van der Waals surface area contributed by atoms with Gasteiger partial charge < -0.3 is 24.6 Å². The summed E-state index contributed by atoms with van der Waals surface area (Å²) < 4.78 is 20.9. The van der Waals surface area contributed by atoms with Gasteiger partial charge in [0, 0.05) is 48.0 Å². The molecule has 0 unspecified atom stereocenters. The molecule has 7 nitrogen and oxygen atoms in total. The maximum atomic E-state index is 11.5. The van der Waals surface area contributed by atoms with Gasteiger partial charge in [0.05, 0.1) is 4.91 Å². The van der Waals surface area contributed by atoms with Gasteiger partial charge in [-0.2, -0.15) is 0 Å². The first kappa shape index (κ1) is 13.8. The zero-order valence-electron chi connectivity index (χ0n) is 10.1. The van der Waals surface area contributed by atoms with Crippen molar-refractivity contribution < 1.29 is 24.0 Å². The highest BCUT2D eigenvalue weighted by molar-refractivity contribution is 8.24. The fraction of sp³-hybridized carbons (Fsp3) is 0.364. The van der Waals surface area contributed by atoms with Gasteiger partial charge >= 0.3 is 5.69 Å². The van der Waals surface area contributed by atoms with Crippen LogP contribution in [0.15, 0.2) is 18.2 Å². The Hall–Kier alpha value is -1.64. The summed E-state index contributed by atoms with van der Waals surface area (Å²) >= 11 is 0. The Morgan fingerprint density at radius 2 is 2.00 bits per heavy atom. The predicted octanol–water partition coefficient (Wildman–Crippen LogP) is 1.53. The summed E-state index contributed by atoms with van der Waals surface area (Å²) in [6.45, 7) is 0.742. The van der Waals surface area contributed by atoms with Gasteiger partial charge in [-0.05, 0) is 6.07 Å². The molecule has 0 aliphatic carbocycles. The molecule has 1 aromatic rings. The molecule has 0 amide bonds. The van der Waals surface area contributed by atoms with Crippen LogP contribution < -0.4 is 4.90 Å². The predicted molar refractivity (Wildman–Crippen MR) is 69.8 cm³/mol. The molecule has 0 saturated carbocycles. The fourth-order valence-electron chi connectivity index (χ4n) is 2.00. The lowest BCUT2D eigenvalue weighted by atomic mass is 10.1. The van der Waals surface area contributed by atoms with Crippen molar-refractivity contribution in [1.29, 1.82) is 0 Å². The molecule has 2 N–H and O–H groups in total. The molecule has 1 heterocycles. The molecule has 0 atom stereocenters. The number of nitrogens with zero attached hydrogens (tertiary/aromatic N) is 2. The average molecular weight is 286 g/mol. The van der Waals surface area contributed by atoms with E-state index in [1.54, 1.807) is 6.07 Å². The minimum Gasteiger partial charge on any atom is -0.768 e. The van der Waals surface area contributed by atoms with E-state index in [9.17, 15) is 18.8 Å². The lowest BCUT2D eigenvalue weighted by molar-refractivity contribution is -0.729. The Morgan fingerprint density at radius 3 is 2.53 bits per heavy atom. The summed E-state index contributed by atoms with van der Waals surface area (Å²) in [7, 11) is -2.74. The molecule has 1 aliphatic rings. The Bertz CT molecular complexity index is 510. The molecular formula is C11H14N2O5S. The van der Waals surface area contributed by atoms with E-state index in [0.717, 1.165) is 0 Å². The smallest absolute Gasteiger partial charge is 0.317 e. The first-order chi connectivity index (χ1) is 8.93. The van der Waals surface area contributed by atoms with E-state index in [4.69, 9.17) is 5.21 Å². The van der Waals surface area contributed by atoms with E-state index in [0.29, 0.717) is 25.1 Å². The second-order valence-electron chi connectivity index (χ2n) is 4.30.